The lowest BCUT2D eigenvalue weighted by Gasteiger charge is -1.92. The molecular formula is C12H8BrNO3. The van der Waals surface area contributed by atoms with Crippen molar-refractivity contribution >= 4 is 34.0 Å². The van der Waals surface area contributed by atoms with Gasteiger partial charge in [-0.05, 0) is 29.8 Å². The van der Waals surface area contributed by atoms with Gasteiger partial charge in [0.15, 0.2) is 0 Å². The topological polar surface area (TPSA) is 56.3 Å². The average Bonchev–Trinajstić information content (AvgIpc) is 2.77. The van der Waals surface area contributed by atoms with E-state index in [2.05, 4.69) is 15.9 Å². The van der Waals surface area contributed by atoms with E-state index in [0.29, 0.717) is 5.76 Å². The van der Waals surface area contributed by atoms with Crippen molar-refractivity contribution in [2.45, 2.75) is 0 Å². The lowest BCUT2D eigenvalue weighted by atomic mass is 10.2. The number of benzene rings is 1. The summed E-state index contributed by atoms with van der Waals surface area (Å²) in [5.74, 6) is 0.208. The standard InChI is InChI=1S/C12H8BrNO3/c13-10-4-1-9(2-5-10)3-6-11-7-8-12(17-11)14(15)16/h1-8H. The quantitative estimate of drug-likeness (QED) is 0.632. The SMILES string of the molecule is O=[N+]([O-])c1ccc(C=Cc2ccc(Br)cc2)o1. The molecule has 0 amide bonds. The first-order chi connectivity index (χ1) is 8.15. The Morgan fingerprint density at radius 1 is 1.12 bits per heavy atom. The summed E-state index contributed by atoms with van der Waals surface area (Å²) in [6, 6.07) is 10.6. The van der Waals surface area contributed by atoms with Crippen LogP contribution in [0.1, 0.15) is 11.3 Å². The maximum atomic E-state index is 10.4. The first kappa shape index (κ1) is 11.6. The molecule has 2 aromatic rings. The van der Waals surface area contributed by atoms with Crippen LogP contribution in [0.3, 0.4) is 0 Å². The summed E-state index contributed by atoms with van der Waals surface area (Å²) in [4.78, 5) is 9.85. The van der Waals surface area contributed by atoms with Crippen LogP contribution in [0.5, 0.6) is 0 Å². The van der Waals surface area contributed by atoms with Crippen molar-refractivity contribution in [2.75, 3.05) is 0 Å². The molecule has 17 heavy (non-hydrogen) atoms. The van der Waals surface area contributed by atoms with Gasteiger partial charge in [0.05, 0.1) is 6.07 Å². The maximum Gasteiger partial charge on any atom is 0.433 e. The third kappa shape index (κ3) is 3.04. The van der Waals surface area contributed by atoms with Crippen LogP contribution in [0.4, 0.5) is 5.88 Å². The molecule has 0 bridgehead atoms. The van der Waals surface area contributed by atoms with Crippen molar-refractivity contribution < 1.29 is 9.34 Å². The highest BCUT2D eigenvalue weighted by atomic mass is 79.9. The molecule has 0 aliphatic rings. The first-order valence-corrected chi connectivity index (χ1v) is 5.62. The molecule has 1 aromatic carbocycles. The molecule has 86 valence electrons. The minimum Gasteiger partial charge on any atom is -0.401 e. The number of hydrogen-bond donors (Lipinski definition) is 0. The van der Waals surface area contributed by atoms with Crippen molar-refractivity contribution in [1.82, 2.24) is 0 Å². The van der Waals surface area contributed by atoms with Gasteiger partial charge in [-0.1, -0.05) is 34.1 Å². The van der Waals surface area contributed by atoms with Crippen LogP contribution in [0.2, 0.25) is 0 Å². The van der Waals surface area contributed by atoms with Gasteiger partial charge >= 0.3 is 5.88 Å². The molecule has 0 N–H and O–H groups in total. The summed E-state index contributed by atoms with van der Waals surface area (Å²) < 4.78 is 6.00. The number of nitro groups is 1. The number of nitrogens with zero attached hydrogens (tertiary/aromatic N) is 1. The molecule has 4 nitrogen and oxygen atoms in total. The van der Waals surface area contributed by atoms with E-state index in [-0.39, 0.29) is 5.88 Å². The molecule has 1 aromatic heterocycles. The van der Waals surface area contributed by atoms with E-state index in [1.54, 1.807) is 12.1 Å². The van der Waals surface area contributed by atoms with Gasteiger partial charge in [-0.3, -0.25) is 10.1 Å². The molecule has 0 aliphatic carbocycles. The van der Waals surface area contributed by atoms with E-state index in [4.69, 9.17) is 4.42 Å². The van der Waals surface area contributed by atoms with Gasteiger partial charge in [0.2, 0.25) is 0 Å². The summed E-state index contributed by atoms with van der Waals surface area (Å²) in [7, 11) is 0. The third-order valence-electron chi connectivity index (χ3n) is 2.10. The molecule has 0 aliphatic heterocycles. The molecule has 0 saturated carbocycles. The third-order valence-corrected chi connectivity index (χ3v) is 2.63. The van der Waals surface area contributed by atoms with E-state index in [1.165, 1.54) is 6.07 Å². The van der Waals surface area contributed by atoms with Crippen molar-refractivity contribution in [2.24, 2.45) is 0 Å². The van der Waals surface area contributed by atoms with E-state index >= 15 is 0 Å². The minimum absolute atomic E-state index is 0.250. The van der Waals surface area contributed by atoms with Crippen LogP contribution in [0, 0.1) is 10.1 Å². The minimum atomic E-state index is -0.559. The van der Waals surface area contributed by atoms with Gasteiger partial charge in [0.25, 0.3) is 0 Å². The maximum absolute atomic E-state index is 10.4. The number of furan rings is 1. The highest BCUT2D eigenvalue weighted by Gasteiger charge is 2.09. The fourth-order valence-electron chi connectivity index (χ4n) is 1.28. The summed E-state index contributed by atoms with van der Waals surface area (Å²) in [5.41, 5.74) is 0.993. The Balaban J connectivity index is 2.14. The molecule has 0 saturated heterocycles. The van der Waals surface area contributed by atoms with Gasteiger partial charge < -0.3 is 4.42 Å². The van der Waals surface area contributed by atoms with Crippen LogP contribution in [-0.2, 0) is 0 Å². The predicted octanol–water partition coefficient (Wildman–Crippen LogP) is 4.12. The Bertz CT molecular complexity index is 557. The average molecular weight is 294 g/mol. The molecule has 0 radical (unpaired) electrons. The Hall–Kier alpha value is -1.88. The summed E-state index contributed by atoms with van der Waals surface area (Å²) in [6.07, 6.45) is 3.52. The Kier molecular flexibility index (Phi) is 3.39. The van der Waals surface area contributed by atoms with Gasteiger partial charge in [-0.2, -0.15) is 0 Å². The number of hydrogen-bond acceptors (Lipinski definition) is 3. The Morgan fingerprint density at radius 2 is 1.82 bits per heavy atom. The van der Waals surface area contributed by atoms with Crippen LogP contribution in [-0.4, -0.2) is 4.92 Å². The Labute approximate surface area is 106 Å². The number of rotatable bonds is 3. The largest absolute Gasteiger partial charge is 0.433 e. The van der Waals surface area contributed by atoms with E-state index < -0.39 is 4.92 Å². The smallest absolute Gasteiger partial charge is 0.401 e. The van der Waals surface area contributed by atoms with E-state index in [1.807, 2.05) is 30.3 Å². The predicted molar refractivity (Wildman–Crippen MR) is 68.4 cm³/mol. The normalized spacial score (nSPS) is 10.9. The summed E-state index contributed by atoms with van der Waals surface area (Å²) in [6.45, 7) is 0. The second kappa shape index (κ2) is 4.97. The molecule has 0 spiro atoms. The van der Waals surface area contributed by atoms with Gasteiger partial charge in [0.1, 0.15) is 10.7 Å². The van der Waals surface area contributed by atoms with Crippen molar-refractivity contribution in [1.29, 1.82) is 0 Å². The van der Waals surface area contributed by atoms with Crippen molar-refractivity contribution in [3.63, 3.8) is 0 Å². The molecular weight excluding hydrogens is 286 g/mol. The zero-order valence-electron chi connectivity index (χ0n) is 8.67. The van der Waals surface area contributed by atoms with Crippen LogP contribution < -0.4 is 0 Å². The zero-order chi connectivity index (χ0) is 12.3. The van der Waals surface area contributed by atoms with E-state index in [0.717, 1.165) is 10.0 Å². The second-order valence-corrected chi connectivity index (χ2v) is 4.23. The molecule has 2 rings (SSSR count). The fourth-order valence-corrected chi connectivity index (χ4v) is 1.55. The highest BCUT2D eigenvalue weighted by Crippen LogP contribution is 2.18. The molecule has 0 atom stereocenters. The highest BCUT2D eigenvalue weighted by molar-refractivity contribution is 9.10. The van der Waals surface area contributed by atoms with Crippen LogP contribution in [0.25, 0.3) is 12.2 Å². The molecule has 0 unspecified atom stereocenters. The summed E-state index contributed by atoms with van der Waals surface area (Å²) >= 11 is 3.34. The first-order valence-electron chi connectivity index (χ1n) is 4.83. The molecule has 0 fully saturated rings. The second-order valence-electron chi connectivity index (χ2n) is 3.32. The van der Waals surface area contributed by atoms with Crippen molar-refractivity contribution in [3.8, 4) is 0 Å². The molecule has 1 heterocycles. The van der Waals surface area contributed by atoms with Crippen LogP contribution in [0.15, 0.2) is 45.3 Å². The van der Waals surface area contributed by atoms with Gasteiger partial charge in [-0.15, -0.1) is 0 Å². The monoisotopic (exact) mass is 293 g/mol. The Morgan fingerprint density at radius 3 is 2.41 bits per heavy atom. The van der Waals surface area contributed by atoms with Crippen LogP contribution >= 0.6 is 15.9 Å². The lowest BCUT2D eigenvalue weighted by molar-refractivity contribution is -0.402. The van der Waals surface area contributed by atoms with Gasteiger partial charge in [-0.25, -0.2) is 0 Å². The zero-order valence-corrected chi connectivity index (χ0v) is 10.3. The fraction of sp³-hybridized carbons (Fsp3) is 0. The molecule has 5 heteroatoms. The van der Waals surface area contributed by atoms with E-state index in [9.17, 15) is 10.1 Å². The lowest BCUT2D eigenvalue weighted by Crippen LogP contribution is -1.82. The van der Waals surface area contributed by atoms with Crippen molar-refractivity contribution in [3.05, 3.63) is 62.3 Å². The number of halogens is 1. The van der Waals surface area contributed by atoms with Gasteiger partial charge in [0, 0.05) is 4.47 Å². The summed E-state index contributed by atoms with van der Waals surface area (Å²) in [5, 5.41) is 10.4.